The summed E-state index contributed by atoms with van der Waals surface area (Å²) in [6, 6.07) is 10.9. The molecule has 0 aliphatic carbocycles. The number of amides is 3. The van der Waals surface area contributed by atoms with E-state index < -0.39 is 5.91 Å². The Morgan fingerprint density at radius 2 is 2.04 bits per heavy atom. The third-order valence-electron chi connectivity index (χ3n) is 3.70. The molecule has 3 amide bonds. The second-order valence-electron chi connectivity index (χ2n) is 5.51. The van der Waals surface area contributed by atoms with Gasteiger partial charge in [-0.25, -0.2) is 4.79 Å². The molecule has 0 aliphatic heterocycles. The number of hydrogen-bond acceptors (Lipinski definition) is 2. The number of urea groups is 1. The molecule has 1 heterocycles. The Kier molecular flexibility index (Phi) is 5.41. The summed E-state index contributed by atoms with van der Waals surface area (Å²) in [5, 5.41) is 2.87. The smallest absolute Gasteiger partial charge is 0.317 e. The van der Waals surface area contributed by atoms with Crippen LogP contribution in [0.15, 0.2) is 42.6 Å². The predicted octanol–water partition coefficient (Wildman–Crippen LogP) is 1.51. The van der Waals surface area contributed by atoms with Crippen molar-refractivity contribution in [2.75, 3.05) is 13.6 Å². The first kappa shape index (κ1) is 16.6. The van der Waals surface area contributed by atoms with Crippen LogP contribution in [-0.4, -0.2) is 35.0 Å². The molecule has 1 aromatic carbocycles. The Bertz CT molecular complexity index is 693. The van der Waals surface area contributed by atoms with Gasteiger partial charge in [-0.1, -0.05) is 12.1 Å². The molecule has 0 fully saturated rings. The topological polar surface area (TPSA) is 80.4 Å². The van der Waals surface area contributed by atoms with Crippen molar-refractivity contribution in [1.82, 2.24) is 14.8 Å². The summed E-state index contributed by atoms with van der Waals surface area (Å²) >= 11 is 0. The van der Waals surface area contributed by atoms with E-state index in [-0.39, 0.29) is 6.03 Å². The second kappa shape index (κ2) is 7.49. The Balaban J connectivity index is 1.81. The maximum Gasteiger partial charge on any atom is 0.317 e. The lowest BCUT2D eigenvalue weighted by Crippen LogP contribution is -2.38. The van der Waals surface area contributed by atoms with E-state index >= 15 is 0 Å². The van der Waals surface area contributed by atoms with Crippen LogP contribution in [0.5, 0.6) is 0 Å². The fourth-order valence-electron chi connectivity index (χ4n) is 2.30. The van der Waals surface area contributed by atoms with E-state index in [1.54, 1.807) is 30.1 Å². The number of primary amides is 1. The minimum Gasteiger partial charge on any atom is -0.366 e. The SMILES string of the molecule is CN(Cc1cccn1C)C(=O)NCCc1cccc(C(N)=O)c1. The fraction of sp³-hybridized carbons (Fsp3) is 0.294. The van der Waals surface area contributed by atoms with E-state index in [2.05, 4.69) is 5.32 Å². The van der Waals surface area contributed by atoms with Crippen LogP contribution in [0.25, 0.3) is 0 Å². The first-order valence-electron chi connectivity index (χ1n) is 7.45. The molecule has 2 aromatic rings. The predicted molar refractivity (Wildman–Crippen MR) is 88.9 cm³/mol. The molecule has 0 saturated heterocycles. The lowest BCUT2D eigenvalue weighted by molar-refractivity contribution is 0.1000. The average Bonchev–Trinajstić information content (AvgIpc) is 2.92. The Morgan fingerprint density at radius 1 is 1.26 bits per heavy atom. The molecule has 0 saturated carbocycles. The summed E-state index contributed by atoms with van der Waals surface area (Å²) in [6.45, 7) is 1.05. The number of aryl methyl sites for hydroxylation is 1. The Morgan fingerprint density at radius 3 is 2.70 bits per heavy atom. The molecular weight excluding hydrogens is 292 g/mol. The maximum absolute atomic E-state index is 12.1. The maximum atomic E-state index is 12.1. The minimum absolute atomic E-state index is 0.128. The van der Waals surface area contributed by atoms with Gasteiger partial charge in [0.15, 0.2) is 0 Å². The fourth-order valence-corrected chi connectivity index (χ4v) is 2.30. The van der Waals surface area contributed by atoms with Crippen molar-refractivity contribution in [2.24, 2.45) is 12.8 Å². The highest BCUT2D eigenvalue weighted by atomic mass is 16.2. The molecule has 23 heavy (non-hydrogen) atoms. The number of nitrogens with two attached hydrogens (primary N) is 1. The molecule has 2 rings (SSSR count). The van der Waals surface area contributed by atoms with Gasteiger partial charge in [0.1, 0.15) is 0 Å². The zero-order valence-electron chi connectivity index (χ0n) is 13.5. The van der Waals surface area contributed by atoms with Crippen LogP contribution in [0.3, 0.4) is 0 Å². The number of nitrogens with zero attached hydrogens (tertiary/aromatic N) is 2. The number of rotatable bonds is 6. The van der Waals surface area contributed by atoms with Gasteiger partial charge in [-0.05, 0) is 36.2 Å². The van der Waals surface area contributed by atoms with Crippen molar-refractivity contribution in [2.45, 2.75) is 13.0 Å². The van der Waals surface area contributed by atoms with Gasteiger partial charge in [0.25, 0.3) is 0 Å². The summed E-state index contributed by atoms with van der Waals surface area (Å²) in [4.78, 5) is 24.9. The quantitative estimate of drug-likeness (QED) is 0.847. The Labute approximate surface area is 135 Å². The number of nitrogens with one attached hydrogen (secondary N) is 1. The van der Waals surface area contributed by atoms with Gasteiger partial charge in [0, 0.05) is 38.1 Å². The number of carbonyl (C=O) groups is 2. The highest BCUT2D eigenvalue weighted by Gasteiger charge is 2.10. The highest BCUT2D eigenvalue weighted by molar-refractivity contribution is 5.92. The van der Waals surface area contributed by atoms with Gasteiger partial charge in [-0.15, -0.1) is 0 Å². The van der Waals surface area contributed by atoms with Crippen molar-refractivity contribution < 1.29 is 9.59 Å². The molecule has 122 valence electrons. The van der Waals surface area contributed by atoms with E-state index in [1.165, 1.54) is 0 Å². The molecule has 0 unspecified atom stereocenters. The largest absolute Gasteiger partial charge is 0.366 e. The first-order valence-corrected chi connectivity index (χ1v) is 7.45. The van der Waals surface area contributed by atoms with Crippen LogP contribution < -0.4 is 11.1 Å². The third kappa shape index (κ3) is 4.60. The molecule has 0 bridgehead atoms. The van der Waals surface area contributed by atoms with Crippen LogP contribution >= 0.6 is 0 Å². The number of benzene rings is 1. The van der Waals surface area contributed by atoms with E-state index in [0.717, 1.165) is 11.3 Å². The molecular formula is C17H22N4O2. The zero-order chi connectivity index (χ0) is 16.8. The van der Waals surface area contributed by atoms with E-state index in [4.69, 9.17) is 5.73 Å². The van der Waals surface area contributed by atoms with Crippen molar-refractivity contribution in [3.63, 3.8) is 0 Å². The Hall–Kier alpha value is -2.76. The van der Waals surface area contributed by atoms with Crippen LogP contribution in [0, 0.1) is 0 Å². The van der Waals surface area contributed by atoms with Gasteiger partial charge in [0.2, 0.25) is 5.91 Å². The van der Waals surface area contributed by atoms with Crippen molar-refractivity contribution in [3.8, 4) is 0 Å². The van der Waals surface area contributed by atoms with E-state index in [1.807, 2.05) is 36.0 Å². The molecule has 0 atom stereocenters. The normalized spacial score (nSPS) is 10.3. The van der Waals surface area contributed by atoms with Gasteiger partial charge in [-0.2, -0.15) is 0 Å². The van der Waals surface area contributed by atoms with Crippen LogP contribution in [-0.2, 0) is 20.0 Å². The van der Waals surface area contributed by atoms with E-state index in [0.29, 0.717) is 25.1 Å². The first-order chi connectivity index (χ1) is 11.0. The highest BCUT2D eigenvalue weighted by Crippen LogP contribution is 2.06. The standard InChI is InChI=1S/C17H22N4O2/c1-20-10-4-7-15(20)12-21(2)17(23)19-9-8-13-5-3-6-14(11-13)16(18)22/h3-7,10-11H,8-9,12H2,1-2H3,(H2,18,22)(H,19,23). The van der Waals surface area contributed by atoms with Gasteiger partial charge in [-0.3, -0.25) is 4.79 Å². The summed E-state index contributed by atoms with van der Waals surface area (Å²) in [5.74, 6) is -0.446. The summed E-state index contributed by atoms with van der Waals surface area (Å²) in [5.41, 5.74) is 7.77. The lowest BCUT2D eigenvalue weighted by Gasteiger charge is -2.18. The molecule has 3 N–H and O–H groups in total. The van der Waals surface area contributed by atoms with Gasteiger partial charge < -0.3 is 20.5 Å². The van der Waals surface area contributed by atoms with Crippen molar-refractivity contribution >= 4 is 11.9 Å². The second-order valence-corrected chi connectivity index (χ2v) is 5.51. The van der Waals surface area contributed by atoms with Crippen molar-refractivity contribution in [1.29, 1.82) is 0 Å². The van der Waals surface area contributed by atoms with Crippen molar-refractivity contribution in [3.05, 3.63) is 59.4 Å². The summed E-state index contributed by atoms with van der Waals surface area (Å²) in [7, 11) is 3.71. The molecule has 0 radical (unpaired) electrons. The summed E-state index contributed by atoms with van der Waals surface area (Å²) in [6.07, 6.45) is 2.59. The van der Waals surface area contributed by atoms with Crippen LogP contribution in [0.2, 0.25) is 0 Å². The monoisotopic (exact) mass is 314 g/mol. The number of aromatic nitrogens is 1. The minimum atomic E-state index is -0.446. The molecule has 0 spiro atoms. The lowest BCUT2D eigenvalue weighted by atomic mass is 10.1. The number of hydrogen-bond donors (Lipinski definition) is 2. The number of carbonyl (C=O) groups excluding carboxylic acids is 2. The molecule has 0 aliphatic rings. The van der Waals surface area contributed by atoms with Gasteiger partial charge in [0.05, 0.1) is 6.54 Å². The average molecular weight is 314 g/mol. The van der Waals surface area contributed by atoms with Crippen LogP contribution in [0.4, 0.5) is 4.79 Å². The van der Waals surface area contributed by atoms with E-state index in [9.17, 15) is 9.59 Å². The third-order valence-corrected chi connectivity index (χ3v) is 3.70. The zero-order valence-corrected chi connectivity index (χ0v) is 13.5. The van der Waals surface area contributed by atoms with Gasteiger partial charge >= 0.3 is 6.03 Å². The molecule has 1 aromatic heterocycles. The summed E-state index contributed by atoms with van der Waals surface area (Å²) < 4.78 is 1.99. The molecule has 6 heteroatoms. The molecule has 6 nitrogen and oxygen atoms in total. The van der Waals surface area contributed by atoms with Crippen LogP contribution in [0.1, 0.15) is 21.6 Å².